The van der Waals surface area contributed by atoms with Gasteiger partial charge in [0.15, 0.2) is 23.6 Å². The van der Waals surface area contributed by atoms with Crippen molar-refractivity contribution < 1.29 is 23.8 Å². The zero-order valence-corrected chi connectivity index (χ0v) is 16.9. The van der Waals surface area contributed by atoms with Gasteiger partial charge in [0.25, 0.3) is 11.8 Å². The smallest absolute Gasteiger partial charge is 0.263 e. The van der Waals surface area contributed by atoms with E-state index in [1.807, 2.05) is 24.3 Å². The lowest BCUT2D eigenvalue weighted by molar-refractivity contribution is -0.123. The number of carbonyl (C=O) groups is 2. The van der Waals surface area contributed by atoms with Gasteiger partial charge in [-0.15, -0.1) is 0 Å². The molecule has 9 nitrogen and oxygen atoms in total. The Kier molecular flexibility index (Phi) is 5.26. The average Bonchev–Trinajstić information content (AvgIpc) is 3.31. The van der Waals surface area contributed by atoms with Crippen molar-refractivity contribution in [2.45, 2.75) is 18.5 Å². The minimum Gasteiger partial charge on any atom is -0.497 e. The van der Waals surface area contributed by atoms with Crippen LogP contribution in [0.25, 0.3) is 0 Å². The monoisotopic (exact) mass is 410 g/mol. The highest BCUT2D eigenvalue weighted by molar-refractivity contribution is 6.25. The van der Waals surface area contributed by atoms with Crippen molar-refractivity contribution in [2.75, 3.05) is 32.8 Å². The van der Waals surface area contributed by atoms with E-state index in [4.69, 9.17) is 14.2 Å². The Balaban J connectivity index is 1.50. The summed E-state index contributed by atoms with van der Waals surface area (Å²) in [6.07, 6.45) is 0.657. The number of ether oxygens (including phenoxy) is 3. The Morgan fingerprint density at radius 1 is 0.900 bits per heavy atom. The van der Waals surface area contributed by atoms with Gasteiger partial charge in [0, 0.05) is 12.6 Å². The molecule has 156 valence electrons. The van der Waals surface area contributed by atoms with E-state index in [-0.39, 0.29) is 5.91 Å². The number of hydrogen-bond donors (Lipinski definition) is 0. The molecule has 2 heterocycles. The van der Waals surface area contributed by atoms with Crippen LogP contribution in [0.2, 0.25) is 0 Å². The third-order valence-electron chi connectivity index (χ3n) is 5.27. The Labute approximate surface area is 173 Å². The minimum absolute atomic E-state index is 0.350. The Bertz CT molecular complexity index is 991. The number of amides is 2. The van der Waals surface area contributed by atoms with Crippen molar-refractivity contribution in [2.24, 2.45) is 10.3 Å². The van der Waals surface area contributed by atoms with E-state index in [2.05, 4.69) is 10.3 Å². The molecule has 2 aromatic carbocycles. The number of anilines is 1. The van der Waals surface area contributed by atoms with Crippen LogP contribution in [0.1, 0.15) is 5.56 Å². The number of imide groups is 1. The summed E-state index contributed by atoms with van der Waals surface area (Å²) >= 11 is 0. The second-order valence-electron chi connectivity index (χ2n) is 6.91. The molecule has 0 N–H and O–H groups in total. The standard InChI is InChI=1S/C21H22N4O5/c1-28-15-7-4-13(5-8-15)10-11-24-19-18(22-23-24)20(26)25(21(19)27)14-6-9-16(29-2)17(12-14)30-3/h4-9,12,18-19H,10-11H2,1-3H3/t18-,19+/m0/s1. The van der Waals surface area contributed by atoms with Crippen molar-refractivity contribution >= 4 is 17.5 Å². The zero-order chi connectivity index (χ0) is 21.3. The van der Waals surface area contributed by atoms with Crippen molar-refractivity contribution in [3.63, 3.8) is 0 Å². The molecule has 0 bridgehead atoms. The predicted molar refractivity (Wildman–Crippen MR) is 108 cm³/mol. The lowest BCUT2D eigenvalue weighted by Gasteiger charge is -2.21. The van der Waals surface area contributed by atoms with Gasteiger partial charge in [0.05, 0.1) is 27.0 Å². The van der Waals surface area contributed by atoms with Gasteiger partial charge in [-0.05, 0) is 36.2 Å². The van der Waals surface area contributed by atoms with Crippen molar-refractivity contribution in [1.29, 1.82) is 0 Å². The maximum absolute atomic E-state index is 13.1. The number of carbonyl (C=O) groups excluding carboxylic acids is 2. The molecule has 2 aliphatic heterocycles. The number of benzene rings is 2. The molecule has 0 aliphatic carbocycles. The SMILES string of the molecule is COc1ccc(CCN2N=N[C@@H]3C(=O)N(c4ccc(OC)c(OC)c4)C(=O)[C@@H]32)cc1. The molecule has 4 rings (SSSR count). The van der Waals surface area contributed by atoms with Gasteiger partial charge < -0.3 is 14.2 Å². The van der Waals surface area contributed by atoms with Gasteiger partial charge in [-0.3, -0.25) is 14.6 Å². The van der Waals surface area contributed by atoms with Crippen LogP contribution in [0.5, 0.6) is 17.2 Å². The zero-order valence-electron chi connectivity index (χ0n) is 16.9. The van der Waals surface area contributed by atoms with Gasteiger partial charge in [-0.1, -0.05) is 17.4 Å². The quantitative estimate of drug-likeness (QED) is 0.650. The van der Waals surface area contributed by atoms with Crippen LogP contribution in [-0.2, 0) is 16.0 Å². The molecule has 0 radical (unpaired) electrons. The normalized spacial score (nSPS) is 20.0. The van der Waals surface area contributed by atoms with E-state index in [0.29, 0.717) is 30.2 Å². The van der Waals surface area contributed by atoms with Crippen LogP contribution in [0.4, 0.5) is 5.69 Å². The lowest BCUT2D eigenvalue weighted by Crippen LogP contribution is -2.40. The molecule has 0 aromatic heterocycles. The molecular formula is C21H22N4O5. The van der Waals surface area contributed by atoms with Crippen molar-refractivity contribution in [3.8, 4) is 17.2 Å². The first-order valence-electron chi connectivity index (χ1n) is 9.47. The number of nitrogens with zero attached hydrogens (tertiary/aromatic N) is 4. The summed E-state index contributed by atoms with van der Waals surface area (Å²) in [5, 5.41) is 9.74. The minimum atomic E-state index is -0.832. The predicted octanol–water partition coefficient (Wildman–Crippen LogP) is 2.25. The van der Waals surface area contributed by atoms with Crippen LogP contribution < -0.4 is 19.1 Å². The lowest BCUT2D eigenvalue weighted by atomic mass is 10.1. The molecule has 2 amide bonds. The van der Waals surface area contributed by atoms with Crippen LogP contribution in [0, 0.1) is 0 Å². The summed E-state index contributed by atoms with van der Waals surface area (Å²) in [6, 6.07) is 11.0. The summed E-state index contributed by atoms with van der Waals surface area (Å²) in [6.45, 7) is 0.468. The molecule has 2 aromatic rings. The van der Waals surface area contributed by atoms with E-state index in [1.165, 1.54) is 14.2 Å². The second-order valence-corrected chi connectivity index (χ2v) is 6.91. The van der Waals surface area contributed by atoms with E-state index in [9.17, 15) is 9.59 Å². The number of methoxy groups -OCH3 is 3. The number of fused-ring (bicyclic) bond motifs is 1. The van der Waals surface area contributed by atoms with E-state index in [1.54, 1.807) is 30.3 Å². The van der Waals surface area contributed by atoms with Gasteiger partial charge in [-0.2, -0.15) is 5.11 Å². The average molecular weight is 410 g/mol. The number of rotatable bonds is 7. The Morgan fingerprint density at radius 3 is 2.30 bits per heavy atom. The van der Waals surface area contributed by atoms with Gasteiger partial charge in [-0.25, -0.2) is 4.90 Å². The summed E-state index contributed by atoms with van der Waals surface area (Å²) < 4.78 is 15.7. The molecule has 0 spiro atoms. The first-order chi connectivity index (χ1) is 14.6. The maximum atomic E-state index is 13.1. The van der Waals surface area contributed by atoms with Gasteiger partial charge in [0.1, 0.15) is 5.75 Å². The fourth-order valence-electron chi connectivity index (χ4n) is 3.66. The maximum Gasteiger partial charge on any atom is 0.263 e. The summed E-state index contributed by atoms with van der Waals surface area (Å²) in [5.74, 6) is 0.985. The van der Waals surface area contributed by atoms with Crippen LogP contribution in [0.3, 0.4) is 0 Å². The molecule has 2 aliphatic rings. The fourth-order valence-corrected chi connectivity index (χ4v) is 3.66. The molecule has 0 saturated carbocycles. The van der Waals surface area contributed by atoms with E-state index >= 15 is 0 Å². The first-order valence-corrected chi connectivity index (χ1v) is 9.47. The fraction of sp³-hybridized carbons (Fsp3) is 0.333. The van der Waals surface area contributed by atoms with Gasteiger partial charge in [0.2, 0.25) is 0 Å². The number of hydrogen-bond acceptors (Lipinski definition) is 8. The van der Waals surface area contributed by atoms with E-state index < -0.39 is 18.0 Å². The third-order valence-corrected chi connectivity index (χ3v) is 5.27. The summed E-state index contributed by atoms with van der Waals surface area (Å²) in [7, 11) is 4.64. The van der Waals surface area contributed by atoms with Crippen LogP contribution >= 0.6 is 0 Å². The highest BCUT2D eigenvalue weighted by atomic mass is 16.5. The largest absolute Gasteiger partial charge is 0.497 e. The van der Waals surface area contributed by atoms with Gasteiger partial charge >= 0.3 is 0 Å². The van der Waals surface area contributed by atoms with E-state index in [0.717, 1.165) is 16.2 Å². The summed E-state index contributed by atoms with van der Waals surface area (Å²) in [4.78, 5) is 27.1. The Hall–Kier alpha value is -3.62. The Morgan fingerprint density at radius 2 is 1.63 bits per heavy atom. The molecule has 1 fully saturated rings. The molecule has 2 atom stereocenters. The van der Waals surface area contributed by atoms with Crippen LogP contribution in [0.15, 0.2) is 52.8 Å². The van der Waals surface area contributed by atoms with Crippen molar-refractivity contribution in [1.82, 2.24) is 5.01 Å². The van der Waals surface area contributed by atoms with Crippen molar-refractivity contribution in [3.05, 3.63) is 48.0 Å². The molecule has 1 saturated heterocycles. The highest BCUT2D eigenvalue weighted by Gasteiger charge is 2.54. The molecular weight excluding hydrogens is 388 g/mol. The topological polar surface area (TPSA) is 93.0 Å². The highest BCUT2D eigenvalue weighted by Crippen LogP contribution is 2.36. The molecule has 9 heteroatoms. The summed E-state index contributed by atoms with van der Waals surface area (Å²) in [5.41, 5.74) is 1.49. The van der Waals surface area contributed by atoms with Crippen LogP contribution in [-0.4, -0.2) is 56.8 Å². The first kappa shape index (κ1) is 19.7. The second kappa shape index (κ2) is 8.02. The third kappa shape index (κ3) is 3.32. The molecule has 30 heavy (non-hydrogen) atoms. The molecule has 0 unspecified atom stereocenters.